The van der Waals surface area contributed by atoms with Crippen LogP contribution in [0.1, 0.15) is 37.1 Å². The number of rotatable bonds is 4. The smallest absolute Gasteiger partial charge is 0.128 e. The second-order valence-electron chi connectivity index (χ2n) is 5.30. The van der Waals surface area contributed by atoms with Gasteiger partial charge in [-0.1, -0.05) is 18.2 Å². The van der Waals surface area contributed by atoms with Crippen molar-refractivity contribution in [1.29, 1.82) is 0 Å². The molecular formula is C17H20F2N2. The lowest BCUT2D eigenvalue weighted by atomic mass is 10.0. The normalized spacial score (nSPS) is 13.8. The van der Waals surface area contributed by atoms with Gasteiger partial charge < -0.3 is 10.6 Å². The molecule has 21 heavy (non-hydrogen) atoms. The van der Waals surface area contributed by atoms with Crippen LogP contribution in [0.2, 0.25) is 0 Å². The van der Waals surface area contributed by atoms with E-state index in [1.165, 1.54) is 18.2 Å². The van der Waals surface area contributed by atoms with E-state index in [1.54, 1.807) is 31.2 Å². The molecule has 2 N–H and O–H groups in total. The molecule has 2 aromatic carbocycles. The molecule has 0 bridgehead atoms. The van der Waals surface area contributed by atoms with Gasteiger partial charge in [-0.25, -0.2) is 8.78 Å². The molecule has 2 nitrogen and oxygen atoms in total. The van der Waals surface area contributed by atoms with Crippen molar-refractivity contribution in [3.63, 3.8) is 0 Å². The van der Waals surface area contributed by atoms with E-state index in [9.17, 15) is 8.78 Å². The zero-order chi connectivity index (χ0) is 15.6. The lowest BCUT2D eigenvalue weighted by Crippen LogP contribution is -2.25. The lowest BCUT2D eigenvalue weighted by Gasteiger charge is -2.30. The Hall–Kier alpha value is -1.94. The molecular weight excluding hydrogens is 270 g/mol. The van der Waals surface area contributed by atoms with Crippen molar-refractivity contribution in [1.82, 2.24) is 0 Å². The van der Waals surface area contributed by atoms with E-state index in [0.717, 1.165) is 5.69 Å². The van der Waals surface area contributed by atoms with Crippen molar-refractivity contribution in [2.45, 2.75) is 25.9 Å². The van der Waals surface area contributed by atoms with Gasteiger partial charge in [-0.2, -0.15) is 0 Å². The van der Waals surface area contributed by atoms with Crippen molar-refractivity contribution >= 4 is 5.69 Å². The number of hydrogen-bond donors (Lipinski definition) is 1. The number of hydrogen-bond acceptors (Lipinski definition) is 2. The van der Waals surface area contributed by atoms with Crippen molar-refractivity contribution < 1.29 is 8.78 Å². The van der Waals surface area contributed by atoms with E-state index in [-0.39, 0.29) is 23.7 Å². The van der Waals surface area contributed by atoms with Crippen LogP contribution < -0.4 is 10.6 Å². The third kappa shape index (κ3) is 3.22. The summed E-state index contributed by atoms with van der Waals surface area (Å²) in [5, 5.41) is 0. The summed E-state index contributed by atoms with van der Waals surface area (Å²) in [4.78, 5) is 1.91. The molecule has 0 aromatic heterocycles. The first-order chi connectivity index (χ1) is 9.91. The molecule has 0 aliphatic heterocycles. The van der Waals surface area contributed by atoms with E-state index in [0.29, 0.717) is 11.1 Å². The Labute approximate surface area is 124 Å². The van der Waals surface area contributed by atoms with Gasteiger partial charge in [0.2, 0.25) is 0 Å². The summed E-state index contributed by atoms with van der Waals surface area (Å²) < 4.78 is 27.4. The quantitative estimate of drug-likeness (QED) is 0.915. The monoisotopic (exact) mass is 290 g/mol. The van der Waals surface area contributed by atoms with Crippen LogP contribution in [0.5, 0.6) is 0 Å². The van der Waals surface area contributed by atoms with Crippen molar-refractivity contribution in [3.05, 3.63) is 65.2 Å². The van der Waals surface area contributed by atoms with E-state index in [2.05, 4.69) is 0 Å². The number of anilines is 1. The highest BCUT2D eigenvalue weighted by molar-refractivity contribution is 5.56. The predicted molar refractivity (Wildman–Crippen MR) is 82.2 cm³/mol. The molecule has 0 saturated heterocycles. The van der Waals surface area contributed by atoms with Crippen LogP contribution in [0.15, 0.2) is 42.5 Å². The van der Waals surface area contributed by atoms with E-state index in [4.69, 9.17) is 5.73 Å². The maximum Gasteiger partial charge on any atom is 0.128 e. The Balaban J connectivity index is 2.40. The zero-order valence-corrected chi connectivity index (χ0v) is 12.5. The first-order valence-corrected chi connectivity index (χ1v) is 6.94. The molecule has 4 heteroatoms. The average molecular weight is 290 g/mol. The molecule has 1 unspecified atom stereocenters. The zero-order valence-electron chi connectivity index (χ0n) is 12.5. The van der Waals surface area contributed by atoms with E-state index in [1.807, 2.05) is 18.9 Å². The van der Waals surface area contributed by atoms with Crippen LogP contribution in [-0.4, -0.2) is 7.05 Å². The summed E-state index contributed by atoms with van der Waals surface area (Å²) in [5.41, 5.74) is 8.04. The molecule has 0 heterocycles. The standard InChI is InChI=1S/C17H20F2N2/c1-11(20)15-10-13(18)8-9-17(15)21(3)12(2)14-6-4-5-7-16(14)19/h4-12H,20H2,1-3H3/t11-,12?/m0/s1. The average Bonchev–Trinajstić information content (AvgIpc) is 2.46. The molecule has 0 spiro atoms. The SMILES string of the molecule is CC(c1ccccc1F)N(C)c1ccc(F)cc1[C@H](C)N. The highest BCUT2D eigenvalue weighted by Crippen LogP contribution is 2.32. The molecule has 2 aromatic rings. The van der Waals surface area contributed by atoms with Gasteiger partial charge in [0.25, 0.3) is 0 Å². The van der Waals surface area contributed by atoms with Gasteiger partial charge in [0.1, 0.15) is 11.6 Å². The second-order valence-corrected chi connectivity index (χ2v) is 5.30. The molecule has 0 aliphatic carbocycles. The maximum absolute atomic E-state index is 13.9. The summed E-state index contributed by atoms with van der Waals surface area (Å²) in [6, 6.07) is 10.7. The topological polar surface area (TPSA) is 29.3 Å². The molecule has 2 rings (SSSR count). The van der Waals surface area contributed by atoms with Crippen molar-refractivity contribution in [2.75, 3.05) is 11.9 Å². The number of benzene rings is 2. The minimum absolute atomic E-state index is 0.186. The molecule has 0 fully saturated rings. The van der Waals surface area contributed by atoms with Gasteiger partial charge in [-0.15, -0.1) is 0 Å². The summed E-state index contributed by atoms with van der Waals surface area (Å²) in [6.07, 6.45) is 0. The Kier molecular flexibility index (Phi) is 4.58. The van der Waals surface area contributed by atoms with Crippen molar-refractivity contribution in [3.8, 4) is 0 Å². The Bertz CT molecular complexity index is 626. The third-order valence-corrected chi connectivity index (χ3v) is 3.80. The van der Waals surface area contributed by atoms with Gasteiger partial charge in [-0.05, 0) is 43.7 Å². The van der Waals surface area contributed by atoms with Crippen LogP contribution in [0, 0.1) is 11.6 Å². The molecule has 0 amide bonds. The van der Waals surface area contributed by atoms with Gasteiger partial charge in [0.15, 0.2) is 0 Å². The molecule has 0 radical (unpaired) electrons. The Morgan fingerprint density at radius 3 is 2.29 bits per heavy atom. The Morgan fingerprint density at radius 2 is 1.67 bits per heavy atom. The number of halogens is 2. The largest absolute Gasteiger partial charge is 0.367 e. The predicted octanol–water partition coefficient (Wildman–Crippen LogP) is 4.18. The highest BCUT2D eigenvalue weighted by Gasteiger charge is 2.19. The van der Waals surface area contributed by atoms with Crippen LogP contribution >= 0.6 is 0 Å². The molecule has 0 saturated carbocycles. The van der Waals surface area contributed by atoms with Gasteiger partial charge in [0, 0.05) is 24.3 Å². The van der Waals surface area contributed by atoms with Gasteiger partial charge in [-0.3, -0.25) is 0 Å². The van der Waals surface area contributed by atoms with Crippen LogP contribution in [0.3, 0.4) is 0 Å². The fourth-order valence-electron chi connectivity index (χ4n) is 2.44. The summed E-state index contributed by atoms with van der Waals surface area (Å²) >= 11 is 0. The Morgan fingerprint density at radius 1 is 1.00 bits per heavy atom. The minimum atomic E-state index is -0.321. The van der Waals surface area contributed by atoms with E-state index >= 15 is 0 Å². The molecule has 112 valence electrons. The van der Waals surface area contributed by atoms with Gasteiger partial charge >= 0.3 is 0 Å². The summed E-state index contributed by atoms with van der Waals surface area (Å²) in [7, 11) is 1.86. The minimum Gasteiger partial charge on any atom is -0.367 e. The third-order valence-electron chi connectivity index (χ3n) is 3.80. The summed E-state index contributed by atoms with van der Waals surface area (Å²) in [5.74, 6) is -0.570. The lowest BCUT2D eigenvalue weighted by molar-refractivity contribution is 0.583. The first-order valence-electron chi connectivity index (χ1n) is 6.94. The van der Waals surface area contributed by atoms with Crippen LogP contribution in [-0.2, 0) is 0 Å². The fraction of sp³-hybridized carbons (Fsp3) is 0.294. The summed E-state index contributed by atoms with van der Waals surface area (Å²) in [6.45, 7) is 3.71. The highest BCUT2D eigenvalue weighted by atomic mass is 19.1. The number of nitrogens with two attached hydrogens (primary N) is 1. The van der Waals surface area contributed by atoms with Gasteiger partial charge in [0.05, 0.1) is 6.04 Å². The molecule has 2 atom stereocenters. The molecule has 0 aliphatic rings. The first kappa shape index (κ1) is 15.4. The van der Waals surface area contributed by atoms with Crippen molar-refractivity contribution in [2.24, 2.45) is 5.73 Å². The number of nitrogens with zero attached hydrogens (tertiary/aromatic N) is 1. The fourth-order valence-corrected chi connectivity index (χ4v) is 2.44. The van der Waals surface area contributed by atoms with Crippen LogP contribution in [0.4, 0.5) is 14.5 Å². The second kappa shape index (κ2) is 6.22. The van der Waals surface area contributed by atoms with Crippen LogP contribution in [0.25, 0.3) is 0 Å². The van der Waals surface area contributed by atoms with E-state index < -0.39 is 0 Å². The maximum atomic E-state index is 13.9.